The van der Waals surface area contributed by atoms with Gasteiger partial charge in [-0.3, -0.25) is 4.68 Å². The summed E-state index contributed by atoms with van der Waals surface area (Å²) in [6, 6.07) is 18.7. The van der Waals surface area contributed by atoms with Crippen molar-refractivity contribution in [2.75, 3.05) is 0 Å². The summed E-state index contributed by atoms with van der Waals surface area (Å²) in [6.45, 7) is 8.81. The van der Waals surface area contributed by atoms with Crippen LogP contribution in [-0.4, -0.2) is 22.0 Å². The van der Waals surface area contributed by atoms with Crippen molar-refractivity contribution in [1.29, 1.82) is 0 Å². The van der Waals surface area contributed by atoms with Gasteiger partial charge in [-0.2, -0.15) is 5.10 Å². The van der Waals surface area contributed by atoms with E-state index >= 15 is 0 Å². The Hall–Kier alpha value is -3.27. The third kappa shape index (κ3) is 11.5. The van der Waals surface area contributed by atoms with Crippen molar-refractivity contribution in [3.8, 4) is 11.5 Å². The van der Waals surface area contributed by atoms with Gasteiger partial charge in [-0.05, 0) is 93.1 Å². The smallest absolute Gasteiger partial charge is 0.119 e. The van der Waals surface area contributed by atoms with E-state index in [2.05, 4.69) is 112 Å². The highest BCUT2D eigenvalue weighted by Gasteiger charge is 2.06. The second-order valence-corrected chi connectivity index (χ2v) is 11.0. The summed E-state index contributed by atoms with van der Waals surface area (Å²) in [5.41, 5.74) is 4.25. The van der Waals surface area contributed by atoms with Gasteiger partial charge in [0, 0.05) is 7.05 Å². The number of hydrogen-bond donors (Lipinski definition) is 0. The number of nitrogens with zero attached hydrogens (tertiary/aromatic N) is 2. The van der Waals surface area contributed by atoms with Gasteiger partial charge in [-0.15, -0.1) is 0 Å². The third-order valence-electron chi connectivity index (χ3n) is 7.19. The number of benzene rings is 2. The van der Waals surface area contributed by atoms with Gasteiger partial charge in [-0.25, -0.2) is 0 Å². The highest BCUT2D eigenvalue weighted by Crippen LogP contribution is 2.20. The van der Waals surface area contributed by atoms with E-state index in [-0.39, 0.29) is 12.2 Å². The standard InChI is InChI=1S/C36H50N2O2/c1-6-8-10-12-14-29(3)39-35-24-18-31(19-25-35)16-22-33-28-34(38(5)37-33)23-17-32-20-26-36(27-21-32)40-30(4)15-13-11-9-7-2/h16-30H,6-15H2,1-5H3/b22-16+,23-17+. The fourth-order valence-corrected chi connectivity index (χ4v) is 4.72. The minimum Gasteiger partial charge on any atom is -0.491 e. The fourth-order valence-electron chi connectivity index (χ4n) is 4.72. The molecule has 1 heterocycles. The van der Waals surface area contributed by atoms with Crippen LogP contribution in [0.2, 0.25) is 0 Å². The summed E-state index contributed by atoms with van der Waals surface area (Å²) in [7, 11) is 1.98. The Morgan fingerprint density at radius 1 is 0.650 bits per heavy atom. The predicted molar refractivity (Wildman–Crippen MR) is 172 cm³/mol. The first kappa shape index (κ1) is 31.3. The molecule has 0 amide bonds. The molecular formula is C36H50N2O2. The minimum atomic E-state index is 0.248. The van der Waals surface area contributed by atoms with E-state index in [1.165, 1.54) is 51.4 Å². The summed E-state index contributed by atoms with van der Waals surface area (Å²) in [6.07, 6.45) is 21.3. The van der Waals surface area contributed by atoms with Gasteiger partial charge in [0.25, 0.3) is 0 Å². The van der Waals surface area contributed by atoms with Gasteiger partial charge in [-0.1, -0.05) is 88.8 Å². The van der Waals surface area contributed by atoms with E-state index in [9.17, 15) is 0 Å². The molecule has 4 heteroatoms. The van der Waals surface area contributed by atoms with Crippen LogP contribution in [0.25, 0.3) is 24.3 Å². The zero-order valence-electron chi connectivity index (χ0n) is 25.4. The second kappa shape index (κ2) is 17.4. The van der Waals surface area contributed by atoms with Crippen LogP contribution >= 0.6 is 0 Å². The van der Waals surface area contributed by atoms with E-state index in [1.807, 2.05) is 11.7 Å². The van der Waals surface area contributed by atoms with Gasteiger partial charge in [0.15, 0.2) is 0 Å². The maximum absolute atomic E-state index is 6.09. The highest BCUT2D eigenvalue weighted by atomic mass is 16.5. The Labute approximate surface area is 243 Å². The molecule has 1 aromatic heterocycles. The summed E-state index contributed by atoms with van der Waals surface area (Å²) >= 11 is 0. The molecule has 40 heavy (non-hydrogen) atoms. The summed E-state index contributed by atoms with van der Waals surface area (Å²) in [5, 5.41) is 4.65. The number of rotatable bonds is 18. The zero-order valence-corrected chi connectivity index (χ0v) is 25.4. The molecule has 4 nitrogen and oxygen atoms in total. The van der Waals surface area contributed by atoms with Gasteiger partial charge in [0.2, 0.25) is 0 Å². The lowest BCUT2D eigenvalue weighted by Gasteiger charge is -2.14. The largest absolute Gasteiger partial charge is 0.491 e. The molecule has 216 valence electrons. The van der Waals surface area contributed by atoms with Crippen molar-refractivity contribution in [3.05, 3.63) is 77.1 Å². The first-order valence-corrected chi connectivity index (χ1v) is 15.4. The van der Waals surface area contributed by atoms with Crippen LogP contribution in [0, 0.1) is 0 Å². The number of unbranched alkanes of at least 4 members (excludes halogenated alkanes) is 6. The average Bonchev–Trinajstić information content (AvgIpc) is 3.32. The van der Waals surface area contributed by atoms with E-state index in [4.69, 9.17) is 9.47 Å². The number of aromatic nitrogens is 2. The molecule has 0 N–H and O–H groups in total. The molecule has 0 saturated heterocycles. The molecule has 0 fully saturated rings. The molecule has 0 aliphatic rings. The minimum absolute atomic E-state index is 0.248. The van der Waals surface area contributed by atoms with E-state index in [0.717, 1.165) is 46.9 Å². The van der Waals surface area contributed by atoms with Gasteiger partial charge in [0.1, 0.15) is 11.5 Å². The number of hydrogen-bond acceptors (Lipinski definition) is 3. The fraction of sp³-hybridized carbons (Fsp3) is 0.472. The summed E-state index contributed by atoms with van der Waals surface area (Å²) < 4.78 is 14.1. The van der Waals surface area contributed by atoms with Gasteiger partial charge in [0.05, 0.1) is 23.6 Å². The predicted octanol–water partition coefficient (Wildman–Crippen LogP) is 10.2. The van der Waals surface area contributed by atoms with Crippen molar-refractivity contribution in [2.45, 2.75) is 104 Å². The molecule has 3 aromatic rings. The van der Waals surface area contributed by atoms with Crippen molar-refractivity contribution in [2.24, 2.45) is 7.05 Å². The SMILES string of the molecule is CCCCCCC(C)Oc1ccc(/C=C/c2cc(/C=C/c3ccc(OC(C)CCCCCC)cc3)n(C)n2)cc1. The molecule has 0 spiro atoms. The van der Waals surface area contributed by atoms with Crippen molar-refractivity contribution in [3.63, 3.8) is 0 Å². The monoisotopic (exact) mass is 542 g/mol. The van der Waals surface area contributed by atoms with Crippen molar-refractivity contribution in [1.82, 2.24) is 9.78 Å². The van der Waals surface area contributed by atoms with E-state index in [0.29, 0.717) is 0 Å². The van der Waals surface area contributed by atoms with Crippen molar-refractivity contribution >= 4 is 24.3 Å². The van der Waals surface area contributed by atoms with Crippen LogP contribution in [-0.2, 0) is 7.05 Å². The molecule has 0 radical (unpaired) electrons. The van der Waals surface area contributed by atoms with E-state index in [1.54, 1.807) is 0 Å². The topological polar surface area (TPSA) is 36.3 Å². The molecule has 2 atom stereocenters. The lowest BCUT2D eigenvalue weighted by atomic mass is 10.1. The van der Waals surface area contributed by atoms with Crippen molar-refractivity contribution < 1.29 is 9.47 Å². The zero-order chi connectivity index (χ0) is 28.6. The maximum atomic E-state index is 6.09. The van der Waals surface area contributed by atoms with Crippen LogP contribution < -0.4 is 9.47 Å². The maximum Gasteiger partial charge on any atom is 0.119 e. The molecule has 0 aliphatic heterocycles. The first-order chi connectivity index (χ1) is 19.5. The Morgan fingerprint density at radius 3 is 1.60 bits per heavy atom. The molecule has 0 saturated carbocycles. The number of ether oxygens (including phenoxy) is 2. The quantitative estimate of drug-likeness (QED) is 0.150. The normalized spacial score (nSPS) is 13.2. The Balaban J connectivity index is 1.48. The van der Waals surface area contributed by atoms with Crippen LogP contribution in [0.3, 0.4) is 0 Å². The molecular weight excluding hydrogens is 492 g/mol. The highest BCUT2D eigenvalue weighted by molar-refractivity contribution is 5.72. The van der Waals surface area contributed by atoms with Crippen LogP contribution in [0.4, 0.5) is 0 Å². The van der Waals surface area contributed by atoms with Gasteiger partial charge < -0.3 is 9.47 Å². The lowest BCUT2D eigenvalue weighted by molar-refractivity contribution is 0.206. The third-order valence-corrected chi connectivity index (χ3v) is 7.19. The Kier molecular flexibility index (Phi) is 13.6. The van der Waals surface area contributed by atoms with Crippen LogP contribution in [0.15, 0.2) is 54.6 Å². The summed E-state index contributed by atoms with van der Waals surface area (Å²) in [4.78, 5) is 0. The Morgan fingerprint density at radius 2 is 1.12 bits per heavy atom. The van der Waals surface area contributed by atoms with Crippen LogP contribution in [0.1, 0.15) is 114 Å². The number of aryl methyl sites for hydroxylation is 1. The van der Waals surface area contributed by atoms with Crippen LogP contribution in [0.5, 0.6) is 11.5 Å². The molecule has 2 unspecified atom stereocenters. The van der Waals surface area contributed by atoms with E-state index < -0.39 is 0 Å². The van der Waals surface area contributed by atoms with Gasteiger partial charge >= 0.3 is 0 Å². The molecule has 3 rings (SSSR count). The first-order valence-electron chi connectivity index (χ1n) is 15.4. The Bertz CT molecular complexity index is 1160. The second-order valence-electron chi connectivity index (χ2n) is 11.0. The lowest BCUT2D eigenvalue weighted by Crippen LogP contribution is -2.11. The molecule has 2 aromatic carbocycles. The average molecular weight is 543 g/mol. The molecule has 0 bridgehead atoms. The molecule has 0 aliphatic carbocycles. The summed E-state index contributed by atoms with van der Waals surface area (Å²) in [5.74, 6) is 1.87.